The molecule has 1 aliphatic heterocycles. The largest absolute Gasteiger partial charge is 0.360 e. The van der Waals surface area contributed by atoms with Crippen LogP contribution in [0.4, 0.5) is 5.82 Å². The number of hydrogen-bond acceptors (Lipinski definition) is 6. The zero-order chi connectivity index (χ0) is 16.8. The summed E-state index contributed by atoms with van der Waals surface area (Å²) in [5.41, 5.74) is 0. The number of aromatic nitrogens is 2. The van der Waals surface area contributed by atoms with E-state index in [9.17, 15) is 4.79 Å². The normalized spacial score (nSPS) is 15.0. The van der Waals surface area contributed by atoms with Gasteiger partial charge in [0.05, 0.1) is 11.9 Å². The van der Waals surface area contributed by atoms with Gasteiger partial charge in [-0.05, 0) is 58.3 Å². The molecule has 1 saturated heterocycles. The fraction of sp³-hybridized carbons (Fsp3) is 0.588. The number of thiophene rings is 1. The molecular formula is C17H25N5OS. The molecule has 2 aromatic rings. The minimum atomic E-state index is 0.00915. The first kappa shape index (κ1) is 17.1. The van der Waals surface area contributed by atoms with E-state index in [4.69, 9.17) is 0 Å². The van der Waals surface area contributed by atoms with E-state index >= 15 is 0 Å². The average Bonchev–Trinajstić information content (AvgIpc) is 3.21. The second-order valence-corrected chi connectivity index (χ2v) is 7.49. The van der Waals surface area contributed by atoms with Crippen molar-refractivity contribution in [1.29, 1.82) is 0 Å². The van der Waals surface area contributed by atoms with Gasteiger partial charge in [0.1, 0.15) is 17.0 Å². The number of nitrogens with one attached hydrogen (secondary N) is 2. The van der Waals surface area contributed by atoms with Crippen LogP contribution >= 0.6 is 11.3 Å². The third kappa shape index (κ3) is 4.64. The lowest BCUT2D eigenvalue weighted by molar-refractivity contribution is -0.119. The third-order valence-electron chi connectivity index (χ3n) is 4.29. The number of nitrogens with zero attached hydrogens (tertiary/aromatic N) is 3. The summed E-state index contributed by atoms with van der Waals surface area (Å²) in [5.74, 6) is 0.739. The Balaban J connectivity index is 1.36. The standard InChI is InChI=1S/C17H25N5OS/c1-13-10-14-16(20-12-21-17(14)24-13)19-11-15(23)18-6-2-3-7-22-8-4-5-9-22/h10,12H,2-9,11H2,1H3,(H,18,23)(H,19,20,21). The second kappa shape index (κ2) is 8.39. The molecule has 0 bridgehead atoms. The number of carbonyl (C=O) groups excluding carboxylic acids is 1. The van der Waals surface area contributed by atoms with Crippen molar-refractivity contribution >= 4 is 33.3 Å². The molecule has 0 aliphatic carbocycles. The molecule has 1 amide bonds. The van der Waals surface area contributed by atoms with E-state index in [1.54, 1.807) is 11.3 Å². The van der Waals surface area contributed by atoms with E-state index in [2.05, 4.69) is 31.6 Å². The number of rotatable bonds is 8. The van der Waals surface area contributed by atoms with Crippen LogP contribution in [-0.4, -0.2) is 53.5 Å². The van der Waals surface area contributed by atoms with E-state index in [1.165, 1.54) is 37.1 Å². The molecule has 1 fully saturated rings. The first-order valence-corrected chi connectivity index (χ1v) is 9.48. The molecule has 0 unspecified atom stereocenters. The van der Waals surface area contributed by atoms with Crippen LogP contribution in [0.2, 0.25) is 0 Å². The fourth-order valence-electron chi connectivity index (χ4n) is 3.04. The van der Waals surface area contributed by atoms with Crippen molar-refractivity contribution in [1.82, 2.24) is 20.2 Å². The smallest absolute Gasteiger partial charge is 0.239 e. The molecule has 0 radical (unpaired) electrons. The van der Waals surface area contributed by atoms with E-state index < -0.39 is 0 Å². The highest BCUT2D eigenvalue weighted by atomic mass is 32.1. The Morgan fingerprint density at radius 3 is 2.96 bits per heavy atom. The number of carbonyl (C=O) groups is 1. The van der Waals surface area contributed by atoms with Gasteiger partial charge < -0.3 is 15.5 Å². The third-order valence-corrected chi connectivity index (χ3v) is 5.25. The average molecular weight is 347 g/mol. The second-order valence-electron chi connectivity index (χ2n) is 6.26. The van der Waals surface area contributed by atoms with Gasteiger partial charge in [-0.2, -0.15) is 0 Å². The minimum absolute atomic E-state index is 0.00915. The van der Waals surface area contributed by atoms with E-state index in [1.807, 2.05) is 6.92 Å². The summed E-state index contributed by atoms with van der Waals surface area (Å²) < 4.78 is 0. The summed E-state index contributed by atoms with van der Waals surface area (Å²) in [6.07, 6.45) is 6.39. The molecule has 0 atom stereocenters. The molecule has 1 aliphatic rings. The van der Waals surface area contributed by atoms with Crippen LogP contribution in [0.25, 0.3) is 10.2 Å². The quantitative estimate of drug-likeness (QED) is 0.718. The molecule has 0 spiro atoms. The van der Waals surface area contributed by atoms with Crippen molar-refractivity contribution in [3.05, 3.63) is 17.3 Å². The van der Waals surface area contributed by atoms with Crippen LogP contribution in [0.1, 0.15) is 30.6 Å². The van der Waals surface area contributed by atoms with Crippen LogP contribution in [0.15, 0.2) is 12.4 Å². The Morgan fingerprint density at radius 1 is 1.29 bits per heavy atom. The Bertz CT molecular complexity index is 681. The van der Waals surface area contributed by atoms with Gasteiger partial charge in [0, 0.05) is 11.4 Å². The zero-order valence-corrected chi connectivity index (χ0v) is 15.0. The molecular weight excluding hydrogens is 322 g/mol. The highest BCUT2D eigenvalue weighted by Crippen LogP contribution is 2.27. The Morgan fingerprint density at radius 2 is 2.12 bits per heavy atom. The number of unbranched alkanes of at least 4 members (excludes halogenated alkanes) is 1. The first-order valence-electron chi connectivity index (χ1n) is 8.66. The van der Waals surface area contributed by atoms with Crippen molar-refractivity contribution in [2.45, 2.75) is 32.6 Å². The van der Waals surface area contributed by atoms with Gasteiger partial charge in [0.15, 0.2) is 0 Å². The fourth-order valence-corrected chi connectivity index (χ4v) is 3.89. The van der Waals surface area contributed by atoms with Crippen LogP contribution in [-0.2, 0) is 4.79 Å². The predicted octanol–water partition coefficient (Wildman–Crippen LogP) is 2.40. The SMILES string of the molecule is Cc1cc2c(NCC(=O)NCCCCN3CCCC3)ncnc2s1. The van der Waals surface area contributed by atoms with Crippen LogP contribution in [0.5, 0.6) is 0 Å². The molecule has 7 heteroatoms. The zero-order valence-electron chi connectivity index (χ0n) is 14.2. The summed E-state index contributed by atoms with van der Waals surface area (Å²) >= 11 is 1.63. The van der Waals surface area contributed by atoms with Crippen LogP contribution in [0.3, 0.4) is 0 Å². The number of aryl methyl sites for hydroxylation is 1. The van der Waals surface area contributed by atoms with Crippen LogP contribution in [0, 0.1) is 6.92 Å². The molecule has 6 nitrogen and oxygen atoms in total. The van der Waals surface area contributed by atoms with Gasteiger partial charge in [0.2, 0.25) is 5.91 Å². The lowest BCUT2D eigenvalue weighted by Gasteiger charge is -2.14. The summed E-state index contributed by atoms with van der Waals surface area (Å²) in [4.78, 5) is 25.1. The molecule has 2 aromatic heterocycles. The maximum atomic E-state index is 12.0. The highest BCUT2D eigenvalue weighted by Gasteiger charge is 2.11. The van der Waals surface area contributed by atoms with Gasteiger partial charge in [-0.15, -0.1) is 11.3 Å². The van der Waals surface area contributed by atoms with Gasteiger partial charge in [0.25, 0.3) is 0 Å². The molecule has 0 aromatic carbocycles. The molecule has 24 heavy (non-hydrogen) atoms. The van der Waals surface area contributed by atoms with E-state index in [0.717, 1.165) is 42.0 Å². The lowest BCUT2D eigenvalue weighted by Crippen LogP contribution is -2.31. The number of hydrogen-bond donors (Lipinski definition) is 2. The van der Waals surface area contributed by atoms with Crippen molar-refractivity contribution < 1.29 is 4.79 Å². The molecule has 130 valence electrons. The molecule has 2 N–H and O–H groups in total. The Labute approximate surface area is 146 Å². The number of fused-ring (bicyclic) bond motifs is 1. The maximum Gasteiger partial charge on any atom is 0.239 e. The molecule has 3 rings (SSSR count). The van der Waals surface area contributed by atoms with E-state index in [0.29, 0.717) is 0 Å². The topological polar surface area (TPSA) is 70.2 Å². The van der Waals surface area contributed by atoms with Gasteiger partial charge in [-0.3, -0.25) is 4.79 Å². The Hall–Kier alpha value is -1.73. The van der Waals surface area contributed by atoms with Gasteiger partial charge in [-0.1, -0.05) is 0 Å². The lowest BCUT2D eigenvalue weighted by atomic mass is 10.3. The van der Waals surface area contributed by atoms with Gasteiger partial charge >= 0.3 is 0 Å². The Kier molecular flexibility index (Phi) is 5.98. The van der Waals surface area contributed by atoms with Crippen LogP contribution < -0.4 is 10.6 Å². The van der Waals surface area contributed by atoms with Crippen molar-refractivity contribution in [3.8, 4) is 0 Å². The predicted molar refractivity (Wildman–Crippen MR) is 98.6 cm³/mol. The van der Waals surface area contributed by atoms with Gasteiger partial charge in [-0.25, -0.2) is 9.97 Å². The first-order chi connectivity index (χ1) is 11.7. The minimum Gasteiger partial charge on any atom is -0.360 e. The van der Waals surface area contributed by atoms with Crippen molar-refractivity contribution in [2.24, 2.45) is 0 Å². The number of likely N-dealkylation sites (tertiary alicyclic amines) is 1. The van der Waals surface area contributed by atoms with Crippen molar-refractivity contribution in [3.63, 3.8) is 0 Å². The van der Waals surface area contributed by atoms with E-state index in [-0.39, 0.29) is 12.5 Å². The maximum absolute atomic E-state index is 12.0. The summed E-state index contributed by atoms with van der Waals surface area (Å²) in [5, 5.41) is 7.08. The highest BCUT2D eigenvalue weighted by molar-refractivity contribution is 7.18. The molecule has 0 saturated carbocycles. The summed E-state index contributed by atoms with van der Waals surface area (Å²) in [6.45, 7) is 6.67. The summed E-state index contributed by atoms with van der Waals surface area (Å²) in [6, 6.07) is 2.05. The number of amides is 1. The summed E-state index contributed by atoms with van der Waals surface area (Å²) in [7, 11) is 0. The monoisotopic (exact) mass is 347 g/mol. The van der Waals surface area contributed by atoms with Crippen molar-refractivity contribution in [2.75, 3.05) is 38.0 Å². The molecule has 3 heterocycles. The number of anilines is 1.